The number of methoxy groups -OCH3 is 2. The van der Waals surface area contributed by atoms with Crippen LogP contribution < -0.4 is 19.5 Å². The van der Waals surface area contributed by atoms with Crippen molar-refractivity contribution in [2.75, 3.05) is 27.4 Å². The molecule has 3 amide bonds. The van der Waals surface area contributed by atoms with Gasteiger partial charge in [0.05, 0.1) is 20.8 Å². The summed E-state index contributed by atoms with van der Waals surface area (Å²) in [7, 11) is 3.10. The van der Waals surface area contributed by atoms with E-state index in [0.29, 0.717) is 22.6 Å². The van der Waals surface area contributed by atoms with Crippen molar-refractivity contribution in [1.29, 1.82) is 0 Å². The Bertz CT molecular complexity index is 1100. The minimum absolute atomic E-state index is 0.0486. The molecule has 1 fully saturated rings. The second-order valence-corrected chi connectivity index (χ2v) is 7.37. The molecule has 170 valence electrons. The maximum absolute atomic E-state index is 13.8. The van der Waals surface area contributed by atoms with E-state index in [2.05, 4.69) is 5.32 Å². The quantitative estimate of drug-likeness (QED) is 0.530. The molecule has 0 spiro atoms. The number of hydrogen-bond donors (Lipinski definition) is 1. The molecule has 1 aliphatic heterocycles. The van der Waals surface area contributed by atoms with Gasteiger partial charge in [-0.1, -0.05) is 36.4 Å². The van der Waals surface area contributed by atoms with Gasteiger partial charge in [0.2, 0.25) is 0 Å². The zero-order chi connectivity index (χ0) is 23.4. The highest BCUT2D eigenvalue weighted by molar-refractivity contribution is 6.09. The van der Waals surface area contributed by atoms with Crippen LogP contribution in [-0.4, -0.2) is 44.2 Å². The zero-order valence-corrected chi connectivity index (χ0v) is 18.2. The van der Waals surface area contributed by atoms with Crippen molar-refractivity contribution in [2.24, 2.45) is 0 Å². The molecule has 33 heavy (non-hydrogen) atoms. The number of halogens is 1. The van der Waals surface area contributed by atoms with E-state index < -0.39 is 23.3 Å². The maximum atomic E-state index is 13.8. The van der Waals surface area contributed by atoms with E-state index in [1.165, 1.54) is 12.1 Å². The van der Waals surface area contributed by atoms with Crippen LogP contribution in [-0.2, 0) is 10.3 Å². The summed E-state index contributed by atoms with van der Waals surface area (Å²) >= 11 is 0. The first kappa shape index (κ1) is 22.1. The average molecular weight is 450 g/mol. The summed E-state index contributed by atoms with van der Waals surface area (Å²) in [5.41, 5.74) is -0.290. The molecule has 0 aliphatic carbocycles. The van der Waals surface area contributed by atoms with Gasteiger partial charge in [0.15, 0.2) is 17.1 Å². The van der Waals surface area contributed by atoms with E-state index in [1.807, 2.05) is 0 Å². The van der Waals surface area contributed by atoms with E-state index >= 15 is 0 Å². The number of nitrogens with zero attached hydrogens (tertiary/aromatic N) is 1. The zero-order valence-electron chi connectivity index (χ0n) is 18.2. The molecule has 7 nitrogen and oxygen atoms in total. The largest absolute Gasteiger partial charge is 0.497 e. The monoisotopic (exact) mass is 450 g/mol. The highest BCUT2D eigenvalue weighted by atomic mass is 19.1. The van der Waals surface area contributed by atoms with Crippen LogP contribution in [0.3, 0.4) is 0 Å². The van der Waals surface area contributed by atoms with Gasteiger partial charge in [-0.2, -0.15) is 0 Å². The Morgan fingerprint density at radius 3 is 1.91 bits per heavy atom. The molecule has 3 aromatic carbocycles. The molecule has 1 saturated heterocycles. The van der Waals surface area contributed by atoms with Gasteiger partial charge in [-0.05, 0) is 47.5 Å². The number of para-hydroxylation sites is 1. The first-order valence-electron chi connectivity index (χ1n) is 10.3. The van der Waals surface area contributed by atoms with Crippen LogP contribution in [0, 0.1) is 5.82 Å². The lowest BCUT2D eigenvalue weighted by atomic mass is 9.82. The number of imide groups is 1. The van der Waals surface area contributed by atoms with E-state index in [-0.39, 0.29) is 18.9 Å². The highest BCUT2D eigenvalue weighted by Crippen LogP contribution is 2.37. The van der Waals surface area contributed by atoms with Gasteiger partial charge in [0, 0.05) is 0 Å². The minimum atomic E-state index is -1.44. The molecule has 0 unspecified atom stereocenters. The van der Waals surface area contributed by atoms with Crippen molar-refractivity contribution in [3.8, 4) is 17.2 Å². The van der Waals surface area contributed by atoms with Crippen molar-refractivity contribution in [3.05, 3.63) is 89.7 Å². The van der Waals surface area contributed by atoms with Gasteiger partial charge >= 0.3 is 6.03 Å². The lowest BCUT2D eigenvalue weighted by Gasteiger charge is -2.28. The Morgan fingerprint density at radius 2 is 1.39 bits per heavy atom. The normalized spacial score (nSPS) is 14.7. The third kappa shape index (κ3) is 4.07. The van der Waals surface area contributed by atoms with Crippen LogP contribution >= 0.6 is 0 Å². The molecule has 0 saturated carbocycles. The van der Waals surface area contributed by atoms with Crippen LogP contribution in [0.2, 0.25) is 0 Å². The topological polar surface area (TPSA) is 77.1 Å². The number of carbonyl (C=O) groups is 2. The summed E-state index contributed by atoms with van der Waals surface area (Å²) in [5, 5.41) is 2.86. The van der Waals surface area contributed by atoms with E-state index in [1.54, 1.807) is 74.9 Å². The molecular weight excluding hydrogens is 427 g/mol. The Morgan fingerprint density at radius 1 is 0.848 bits per heavy atom. The summed E-state index contributed by atoms with van der Waals surface area (Å²) < 4.78 is 29.7. The first-order valence-corrected chi connectivity index (χ1v) is 10.3. The highest BCUT2D eigenvalue weighted by Gasteiger charge is 2.53. The van der Waals surface area contributed by atoms with Crippen molar-refractivity contribution in [2.45, 2.75) is 5.54 Å². The molecule has 1 heterocycles. The molecule has 8 heteroatoms. The fraction of sp³-hybridized carbons (Fsp3) is 0.200. The number of hydrogen-bond acceptors (Lipinski definition) is 5. The van der Waals surface area contributed by atoms with Gasteiger partial charge in [-0.3, -0.25) is 9.69 Å². The van der Waals surface area contributed by atoms with Gasteiger partial charge in [-0.15, -0.1) is 0 Å². The Labute approximate surface area is 190 Å². The number of carbonyl (C=O) groups excluding carboxylic acids is 2. The summed E-state index contributed by atoms with van der Waals surface area (Å²) in [4.78, 5) is 27.7. The molecule has 1 N–H and O–H groups in total. The van der Waals surface area contributed by atoms with E-state index in [0.717, 1.165) is 4.90 Å². The lowest BCUT2D eigenvalue weighted by molar-refractivity contribution is -0.130. The minimum Gasteiger partial charge on any atom is -0.497 e. The lowest BCUT2D eigenvalue weighted by Crippen LogP contribution is -2.45. The number of benzene rings is 3. The van der Waals surface area contributed by atoms with Crippen molar-refractivity contribution >= 4 is 11.9 Å². The third-order valence-electron chi connectivity index (χ3n) is 5.56. The first-order chi connectivity index (χ1) is 16.0. The number of amides is 3. The van der Waals surface area contributed by atoms with Crippen molar-refractivity contribution in [3.63, 3.8) is 0 Å². The smallest absolute Gasteiger partial charge is 0.325 e. The standard InChI is InChI=1S/C25H23FN2O5/c1-31-19-11-7-17(8-12-19)25(18-9-13-20(32-2)14-10-18)23(29)28(24(30)27-25)15-16-33-22-6-4-3-5-21(22)26/h3-14H,15-16H2,1-2H3,(H,27,30). The second-order valence-electron chi connectivity index (χ2n) is 7.37. The van der Waals surface area contributed by atoms with Crippen LogP contribution in [0.1, 0.15) is 11.1 Å². The van der Waals surface area contributed by atoms with Gasteiger partial charge < -0.3 is 19.5 Å². The third-order valence-corrected chi connectivity index (χ3v) is 5.56. The number of rotatable bonds is 8. The molecule has 0 aromatic heterocycles. The molecular formula is C25H23FN2O5. The number of nitrogens with one attached hydrogen (secondary N) is 1. The number of urea groups is 1. The summed E-state index contributed by atoms with van der Waals surface area (Å²) in [5.74, 6) is 0.327. The fourth-order valence-electron chi connectivity index (χ4n) is 3.83. The van der Waals surface area contributed by atoms with Gasteiger partial charge in [0.1, 0.15) is 18.1 Å². The van der Waals surface area contributed by atoms with Crippen LogP contribution in [0.5, 0.6) is 17.2 Å². The second kappa shape index (κ2) is 9.20. The predicted octanol–water partition coefficient (Wildman–Crippen LogP) is 3.72. The van der Waals surface area contributed by atoms with E-state index in [4.69, 9.17) is 14.2 Å². The van der Waals surface area contributed by atoms with Crippen molar-refractivity contribution < 1.29 is 28.2 Å². The Kier molecular flexibility index (Phi) is 6.17. The maximum Gasteiger partial charge on any atom is 0.325 e. The Balaban J connectivity index is 1.65. The fourth-order valence-corrected chi connectivity index (χ4v) is 3.83. The van der Waals surface area contributed by atoms with Crippen LogP contribution in [0.4, 0.5) is 9.18 Å². The SMILES string of the molecule is COc1ccc(C2(c3ccc(OC)cc3)NC(=O)N(CCOc3ccccc3F)C2=O)cc1. The molecule has 3 aromatic rings. The molecule has 1 aliphatic rings. The van der Waals surface area contributed by atoms with E-state index in [9.17, 15) is 14.0 Å². The Hall–Kier alpha value is -4.07. The average Bonchev–Trinajstić information content (AvgIpc) is 3.11. The van der Waals surface area contributed by atoms with Crippen LogP contribution in [0.15, 0.2) is 72.8 Å². The summed E-state index contributed by atoms with van der Waals surface area (Å²) in [6.45, 7) is -0.103. The molecule has 0 atom stereocenters. The number of ether oxygens (including phenoxy) is 3. The summed E-state index contributed by atoms with van der Waals surface area (Å²) in [6.07, 6.45) is 0. The molecule has 0 radical (unpaired) electrons. The molecule has 4 rings (SSSR count). The van der Waals surface area contributed by atoms with Crippen molar-refractivity contribution in [1.82, 2.24) is 10.2 Å². The summed E-state index contributed by atoms with van der Waals surface area (Å²) in [6, 6.07) is 19.2. The van der Waals surface area contributed by atoms with Gasteiger partial charge in [0.25, 0.3) is 5.91 Å². The predicted molar refractivity (Wildman–Crippen MR) is 119 cm³/mol. The van der Waals surface area contributed by atoms with Gasteiger partial charge in [-0.25, -0.2) is 9.18 Å². The molecule has 0 bridgehead atoms. The van der Waals surface area contributed by atoms with Crippen LogP contribution in [0.25, 0.3) is 0 Å².